The van der Waals surface area contributed by atoms with Crippen molar-refractivity contribution < 1.29 is 4.74 Å². The molecule has 0 bridgehead atoms. The second-order valence-electron chi connectivity index (χ2n) is 4.97. The van der Waals surface area contributed by atoms with Crippen molar-refractivity contribution in [3.05, 3.63) is 29.3 Å². The number of aryl methyl sites for hydroxylation is 1. The summed E-state index contributed by atoms with van der Waals surface area (Å²) in [6.45, 7) is 6.39. The van der Waals surface area contributed by atoms with Crippen LogP contribution in [0, 0.1) is 6.92 Å². The van der Waals surface area contributed by atoms with Gasteiger partial charge in [-0.1, -0.05) is 12.1 Å². The molecule has 1 saturated heterocycles. The summed E-state index contributed by atoms with van der Waals surface area (Å²) in [4.78, 5) is 2.45. The molecule has 3 nitrogen and oxygen atoms in total. The molecule has 2 rings (SSSR count). The SMILES string of the molecule is COc1ccc(CN2CCC(N)C2C)cc1C. The van der Waals surface area contributed by atoms with Gasteiger partial charge in [-0.3, -0.25) is 4.90 Å². The maximum absolute atomic E-state index is 6.04. The Kier molecular flexibility index (Phi) is 3.69. The van der Waals surface area contributed by atoms with Crippen molar-refractivity contribution in [3.8, 4) is 5.75 Å². The third kappa shape index (κ3) is 2.61. The number of nitrogens with two attached hydrogens (primary N) is 1. The zero-order chi connectivity index (χ0) is 12.4. The standard InChI is InChI=1S/C14H22N2O/c1-10-8-12(4-5-14(10)17-3)9-16-7-6-13(15)11(16)2/h4-5,8,11,13H,6-7,9,15H2,1-3H3. The van der Waals surface area contributed by atoms with Crippen LogP contribution in [0.2, 0.25) is 0 Å². The van der Waals surface area contributed by atoms with Gasteiger partial charge in [0.25, 0.3) is 0 Å². The van der Waals surface area contributed by atoms with Gasteiger partial charge in [-0.05, 0) is 37.5 Å². The smallest absolute Gasteiger partial charge is 0.121 e. The lowest BCUT2D eigenvalue weighted by Gasteiger charge is -2.23. The van der Waals surface area contributed by atoms with E-state index in [1.54, 1.807) is 7.11 Å². The van der Waals surface area contributed by atoms with E-state index in [9.17, 15) is 0 Å². The Morgan fingerprint density at radius 1 is 1.47 bits per heavy atom. The van der Waals surface area contributed by atoms with Crippen LogP contribution in [0.1, 0.15) is 24.5 Å². The summed E-state index contributed by atoms with van der Waals surface area (Å²) in [5, 5.41) is 0. The van der Waals surface area contributed by atoms with Crippen LogP contribution in [0.3, 0.4) is 0 Å². The van der Waals surface area contributed by atoms with E-state index in [0.29, 0.717) is 12.1 Å². The largest absolute Gasteiger partial charge is 0.496 e. The van der Waals surface area contributed by atoms with E-state index >= 15 is 0 Å². The molecule has 1 heterocycles. The average Bonchev–Trinajstić information content (AvgIpc) is 2.61. The Hall–Kier alpha value is -1.06. The van der Waals surface area contributed by atoms with Crippen molar-refractivity contribution in [1.29, 1.82) is 0 Å². The lowest BCUT2D eigenvalue weighted by atomic mass is 10.1. The van der Waals surface area contributed by atoms with Gasteiger partial charge in [-0.15, -0.1) is 0 Å². The third-order valence-corrected chi connectivity index (χ3v) is 3.79. The van der Waals surface area contributed by atoms with Gasteiger partial charge in [0.15, 0.2) is 0 Å². The maximum atomic E-state index is 6.04. The van der Waals surface area contributed by atoms with E-state index in [2.05, 4.69) is 30.9 Å². The Labute approximate surface area is 104 Å². The van der Waals surface area contributed by atoms with Gasteiger partial charge in [-0.2, -0.15) is 0 Å². The highest BCUT2D eigenvalue weighted by Crippen LogP contribution is 2.22. The molecule has 17 heavy (non-hydrogen) atoms. The van der Waals surface area contributed by atoms with Crippen molar-refractivity contribution in [3.63, 3.8) is 0 Å². The molecule has 1 aromatic rings. The molecule has 0 saturated carbocycles. The molecule has 0 aliphatic carbocycles. The van der Waals surface area contributed by atoms with Crippen LogP contribution in [0.4, 0.5) is 0 Å². The fourth-order valence-corrected chi connectivity index (χ4v) is 2.53. The minimum Gasteiger partial charge on any atom is -0.496 e. The summed E-state index contributed by atoms with van der Waals surface area (Å²) in [6.07, 6.45) is 1.11. The first-order valence-electron chi connectivity index (χ1n) is 6.25. The van der Waals surface area contributed by atoms with E-state index in [4.69, 9.17) is 10.5 Å². The first-order valence-corrected chi connectivity index (χ1v) is 6.25. The zero-order valence-corrected chi connectivity index (χ0v) is 10.9. The highest BCUT2D eigenvalue weighted by molar-refractivity contribution is 5.36. The Bertz CT molecular complexity index is 392. The normalized spacial score (nSPS) is 25.2. The Morgan fingerprint density at radius 3 is 2.76 bits per heavy atom. The minimum atomic E-state index is 0.328. The quantitative estimate of drug-likeness (QED) is 0.868. The molecule has 1 aromatic carbocycles. The summed E-state index contributed by atoms with van der Waals surface area (Å²) in [7, 11) is 1.71. The number of ether oxygens (including phenoxy) is 1. The molecule has 0 amide bonds. The molecular weight excluding hydrogens is 212 g/mol. The molecule has 1 aliphatic heterocycles. The highest BCUT2D eigenvalue weighted by Gasteiger charge is 2.27. The van der Waals surface area contributed by atoms with Gasteiger partial charge in [-0.25, -0.2) is 0 Å². The summed E-state index contributed by atoms with van der Waals surface area (Å²) in [5.41, 5.74) is 8.57. The molecule has 1 fully saturated rings. The average molecular weight is 234 g/mol. The lowest BCUT2D eigenvalue weighted by molar-refractivity contribution is 0.251. The lowest BCUT2D eigenvalue weighted by Crippen LogP contribution is -2.36. The number of hydrogen-bond acceptors (Lipinski definition) is 3. The number of rotatable bonds is 3. The first-order chi connectivity index (χ1) is 8.11. The molecular formula is C14H22N2O. The summed E-state index contributed by atoms with van der Waals surface area (Å²) in [6, 6.07) is 7.20. The molecule has 2 atom stereocenters. The number of benzene rings is 1. The first kappa shape index (κ1) is 12.4. The molecule has 1 aliphatic rings. The maximum Gasteiger partial charge on any atom is 0.121 e. The Balaban J connectivity index is 2.06. The molecule has 0 spiro atoms. The van der Waals surface area contributed by atoms with E-state index in [1.807, 2.05) is 6.07 Å². The predicted molar refractivity (Wildman–Crippen MR) is 70.2 cm³/mol. The fourth-order valence-electron chi connectivity index (χ4n) is 2.53. The topological polar surface area (TPSA) is 38.5 Å². The summed E-state index contributed by atoms with van der Waals surface area (Å²) >= 11 is 0. The highest BCUT2D eigenvalue weighted by atomic mass is 16.5. The number of methoxy groups -OCH3 is 1. The van der Waals surface area contributed by atoms with E-state index in [1.165, 1.54) is 11.1 Å². The van der Waals surface area contributed by atoms with E-state index < -0.39 is 0 Å². The summed E-state index contributed by atoms with van der Waals surface area (Å²) in [5.74, 6) is 0.958. The second-order valence-corrected chi connectivity index (χ2v) is 4.97. The number of nitrogens with zero attached hydrogens (tertiary/aromatic N) is 1. The predicted octanol–water partition coefficient (Wildman–Crippen LogP) is 1.93. The van der Waals surface area contributed by atoms with Crippen LogP contribution in [0.25, 0.3) is 0 Å². The van der Waals surface area contributed by atoms with Gasteiger partial charge < -0.3 is 10.5 Å². The number of hydrogen-bond donors (Lipinski definition) is 1. The van der Waals surface area contributed by atoms with Gasteiger partial charge >= 0.3 is 0 Å². The molecule has 3 heteroatoms. The summed E-state index contributed by atoms with van der Waals surface area (Å²) < 4.78 is 5.27. The van der Waals surface area contributed by atoms with Crippen LogP contribution in [0.15, 0.2) is 18.2 Å². The molecule has 2 unspecified atom stereocenters. The van der Waals surface area contributed by atoms with Gasteiger partial charge in [0.2, 0.25) is 0 Å². The minimum absolute atomic E-state index is 0.328. The molecule has 0 aromatic heterocycles. The fraction of sp³-hybridized carbons (Fsp3) is 0.571. The molecule has 2 N–H and O–H groups in total. The number of likely N-dealkylation sites (tertiary alicyclic amines) is 1. The van der Waals surface area contributed by atoms with Crippen LogP contribution < -0.4 is 10.5 Å². The molecule has 0 radical (unpaired) electrons. The third-order valence-electron chi connectivity index (χ3n) is 3.79. The van der Waals surface area contributed by atoms with Crippen molar-refractivity contribution in [2.24, 2.45) is 5.73 Å². The zero-order valence-electron chi connectivity index (χ0n) is 10.9. The Morgan fingerprint density at radius 2 is 2.24 bits per heavy atom. The van der Waals surface area contributed by atoms with E-state index in [0.717, 1.165) is 25.3 Å². The van der Waals surface area contributed by atoms with Gasteiger partial charge in [0, 0.05) is 25.2 Å². The van der Waals surface area contributed by atoms with Crippen molar-refractivity contribution in [2.75, 3.05) is 13.7 Å². The molecule has 94 valence electrons. The van der Waals surface area contributed by atoms with Crippen LogP contribution in [-0.2, 0) is 6.54 Å². The van der Waals surface area contributed by atoms with Crippen molar-refractivity contribution in [1.82, 2.24) is 4.90 Å². The van der Waals surface area contributed by atoms with Gasteiger partial charge in [0.05, 0.1) is 7.11 Å². The monoisotopic (exact) mass is 234 g/mol. The second kappa shape index (κ2) is 5.07. The van der Waals surface area contributed by atoms with Crippen molar-refractivity contribution >= 4 is 0 Å². The van der Waals surface area contributed by atoms with Crippen LogP contribution in [-0.4, -0.2) is 30.6 Å². The van der Waals surface area contributed by atoms with E-state index in [-0.39, 0.29) is 0 Å². The van der Waals surface area contributed by atoms with Crippen molar-refractivity contribution in [2.45, 2.75) is 38.9 Å². The van der Waals surface area contributed by atoms with Gasteiger partial charge in [0.1, 0.15) is 5.75 Å². The van der Waals surface area contributed by atoms with Crippen LogP contribution >= 0.6 is 0 Å². The van der Waals surface area contributed by atoms with Crippen LogP contribution in [0.5, 0.6) is 5.75 Å².